The van der Waals surface area contributed by atoms with E-state index in [-0.39, 0.29) is 18.0 Å². The standard InChI is InChI=1S/C18H21N3O2S/c1-12(2)19-18(23)20-14-8-6-7-13(11-14)17(22)21-15-9-4-5-10-16(15)24-3/h4-12H,1-3H3,(H,21,22)(H2,19,20,23). The Morgan fingerprint density at radius 1 is 1.00 bits per heavy atom. The van der Waals surface area contributed by atoms with Crippen LogP contribution in [-0.4, -0.2) is 24.2 Å². The quantitative estimate of drug-likeness (QED) is 0.713. The van der Waals surface area contributed by atoms with E-state index in [0.717, 1.165) is 10.6 Å². The highest BCUT2D eigenvalue weighted by Gasteiger charge is 2.10. The summed E-state index contributed by atoms with van der Waals surface area (Å²) >= 11 is 1.57. The van der Waals surface area contributed by atoms with Gasteiger partial charge in [-0.15, -0.1) is 11.8 Å². The third-order valence-corrected chi connectivity index (χ3v) is 3.95. The molecule has 3 amide bonds. The predicted molar refractivity (Wildman–Crippen MR) is 99.9 cm³/mol. The largest absolute Gasteiger partial charge is 0.336 e. The second-order valence-electron chi connectivity index (χ2n) is 5.49. The van der Waals surface area contributed by atoms with Gasteiger partial charge in [0.1, 0.15) is 0 Å². The number of thioether (sulfide) groups is 1. The molecule has 0 atom stereocenters. The van der Waals surface area contributed by atoms with Crippen LogP contribution in [0.4, 0.5) is 16.2 Å². The molecular formula is C18H21N3O2S. The highest BCUT2D eigenvalue weighted by Crippen LogP contribution is 2.25. The second kappa shape index (κ2) is 8.40. The van der Waals surface area contributed by atoms with Gasteiger partial charge in [0.2, 0.25) is 0 Å². The average molecular weight is 343 g/mol. The van der Waals surface area contributed by atoms with Crippen LogP contribution in [0.1, 0.15) is 24.2 Å². The molecule has 2 rings (SSSR count). The van der Waals surface area contributed by atoms with Gasteiger partial charge in [-0.3, -0.25) is 4.79 Å². The Morgan fingerprint density at radius 3 is 2.46 bits per heavy atom. The first kappa shape index (κ1) is 17.9. The van der Waals surface area contributed by atoms with E-state index in [1.807, 2.05) is 44.4 Å². The van der Waals surface area contributed by atoms with Crippen LogP contribution in [0.25, 0.3) is 0 Å². The van der Waals surface area contributed by atoms with Crippen molar-refractivity contribution in [3.05, 3.63) is 54.1 Å². The highest BCUT2D eigenvalue weighted by molar-refractivity contribution is 7.98. The van der Waals surface area contributed by atoms with Gasteiger partial charge in [-0.25, -0.2) is 4.79 Å². The topological polar surface area (TPSA) is 70.2 Å². The van der Waals surface area contributed by atoms with Gasteiger partial charge >= 0.3 is 6.03 Å². The lowest BCUT2D eigenvalue weighted by Crippen LogP contribution is -2.34. The monoisotopic (exact) mass is 343 g/mol. The van der Waals surface area contributed by atoms with Crippen molar-refractivity contribution in [2.24, 2.45) is 0 Å². The lowest BCUT2D eigenvalue weighted by Gasteiger charge is -2.12. The predicted octanol–water partition coefficient (Wildman–Crippen LogP) is 4.19. The third-order valence-electron chi connectivity index (χ3n) is 3.16. The van der Waals surface area contributed by atoms with E-state index in [0.29, 0.717) is 11.3 Å². The number of anilines is 2. The summed E-state index contributed by atoms with van der Waals surface area (Å²) in [7, 11) is 0. The number of nitrogens with one attached hydrogen (secondary N) is 3. The van der Waals surface area contributed by atoms with Crippen LogP contribution in [0.15, 0.2) is 53.4 Å². The molecule has 126 valence electrons. The van der Waals surface area contributed by atoms with Crippen molar-refractivity contribution in [1.29, 1.82) is 0 Å². The van der Waals surface area contributed by atoms with Crippen molar-refractivity contribution in [3.63, 3.8) is 0 Å². The van der Waals surface area contributed by atoms with Crippen molar-refractivity contribution in [2.45, 2.75) is 24.8 Å². The molecular weight excluding hydrogens is 322 g/mol. The average Bonchev–Trinajstić information content (AvgIpc) is 2.54. The van der Waals surface area contributed by atoms with E-state index >= 15 is 0 Å². The summed E-state index contributed by atoms with van der Waals surface area (Å²) < 4.78 is 0. The molecule has 0 fully saturated rings. The minimum Gasteiger partial charge on any atom is -0.336 e. The first-order valence-electron chi connectivity index (χ1n) is 7.61. The number of hydrogen-bond acceptors (Lipinski definition) is 3. The number of amides is 3. The number of carbonyl (C=O) groups excluding carboxylic acids is 2. The summed E-state index contributed by atoms with van der Waals surface area (Å²) in [6, 6.07) is 14.2. The van der Waals surface area contributed by atoms with Gasteiger partial charge in [0.15, 0.2) is 0 Å². The zero-order chi connectivity index (χ0) is 17.5. The molecule has 2 aromatic carbocycles. The smallest absolute Gasteiger partial charge is 0.319 e. The fraction of sp³-hybridized carbons (Fsp3) is 0.222. The first-order chi connectivity index (χ1) is 11.5. The lowest BCUT2D eigenvalue weighted by molar-refractivity contribution is 0.102. The van der Waals surface area contributed by atoms with Gasteiger partial charge in [0.25, 0.3) is 5.91 Å². The molecule has 0 aliphatic carbocycles. The number of urea groups is 1. The van der Waals surface area contributed by atoms with Crippen LogP contribution in [0, 0.1) is 0 Å². The zero-order valence-electron chi connectivity index (χ0n) is 13.9. The Bertz CT molecular complexity index is 732. The molecule has 0 bridgehead atoms. The van der Waals surface area contributed by atoms with Crippen LogP contribution in [-0.2, 0) is 0 Å². The molecule has 0 radical (unpaired) electrons. The highest BCUT2D eigenvalue weighted by atomic mass is 32.2. The van der Waals surface area contributed by atoms with Crippen molar-refractivity contribution >= 4 is 35.1 Å². The van der Waals surface area contributed by atoms with Crippen molar-refractivity contribution in [2.75, 3.05) is 16.9 Å². The maximum atomic E-state index is 12.4. The van der Waals surface area contributed by atoms with E-state index in [9.17, 15) is 9.59 Å². The zero-order valence-corrected chi connectivity index (χ0v) is 14.7. The van der Waals surface area contributed by atoms with Crippen molar-refractivity contribution < 1.29 is 9.59 Å². The second-order valence-corrected chi connectivity index (χ2v) is 6.34. The molecule has 0 unspecified atom stereocenters. The summed E-state index contributed by atoms with van der Waals surface area (Å²) in [6.07, 6.45) is 1.96. The molecule has 2 aromatic rings. The molecule has 0 aliphatic heterocycles. The molecule has 24 heavy (non-hydrogen) atoms. The summed E-state index contributed by atoms with van der Waals surface area (Å²) in [6.45, 7) is 3.76. The minimum atomic E-state index is -0.296. The van der Waals surface area contributed by atoms with E-state index in [4.69, 9.17) is 0 Å². The lowest BCUT2D eigenvalue weighted by atomic mass is 10.2. The molecule has 0 aliphatic rings. The maximum absolute atomic E-state index is 12.4. The van der Waals surface area contributed by atoms with E-state index in [2.05, 4.69) is 16.0 Å². The molecule has 0 spiro atoms. The van der Waals surface area contributed by atoms with Gasteiger partial charge in [0, 0.05) is 22.2 Å². The summed E-state index contributed by atoms with van der Waals surface area (Å²) in [5.41, 5.74) is 1.82. The Kier molecular flexibility index (Phi) is 6.26. The summed E-state index contributed by atoms with van der Waals surface area (Å²) in [5, 5.41) is 8.36. The molecule has 0 saturated carbocycles. The van der Waals surface area contributed by atoms with Crippen LogP contribution in [0.5, 0.6) is 0 Å². The molecule has 0 saturated heterocycles. The van der Waals surface area contributed by atoms with E-state index in [1.54, 1.807) is 36.0 Å². The number of para-hydroxylation sites is 1. The van der Waals surface area contributed by atoms with Gasteiger partial charge in [-0.2, -0.15) is 0 Å². The van der Waals surface area contributed by atoms with Gasteiger partial charge in [0.05, 0.1) is 5.69 Å². The van der Waals surface area contributed by atoms with Gasteiger partial charge in [-0.05, 0) is 50.4 Å². The van der Waals surface area contributed by atoms with Crippen LogP contribution in [0.2, 0.25) is 0 Å². The number of hydrogen-bond donors (Lipinski definition) is 3. The van der Waals surface area contributed by atoms with Gasteiger partial charge in [-0.1, -0.05) is 18.2 Å². The number of rotatable bonds is 5. The van der Waals surface area contributed by atoms with E-state index < -0.39 is 0 Å². The van der Waals surface area contributed by atoms with Gasteiger partial charge < -0.3 is 16.0 Å². The number of carbonyl (C=O) groups is 2. The maximum Gasteiger partial charge on any atom is 0.319 e. The molecule has 0 heterocycles. The van der Waals surface area contributed by atoms with Crippen LogP contribution in [0.3, 0.4) is 0 Å². The van der Waals surface area contributed by atoms with Crippen LogP contribution >= 0.6 is 11.8 Å². The van der Waals surface area contributed by atoms with Crippen LogP contribution < -0.4 is 16.0 Å². The Morgan fingerprint density at radius 2 is 1.75 bits per heavy atom. The molecule has 5 nitrogen and oxygen atoms in total. The van der Waals surface area contributed by atoms with Crippen molar-refractivity contribution in [1.82, 2.24) is 5.32 Å². The fourth-order valence-corrected chi connectivity index (χ4v) is 2.66. The normalized spacial score (nSPS) is 10.3. The Labute approximate surface area is 146 Å². The summed E-state index contributed by atoms with van der Waals surface area (Å²) in [4.78, 5) is 25.2. The fourth-order valence-electron chi connectivity index (χ4n) is 2.11. The Hall–Kier alpha value is -2.47. The molecule has 0 aromatic heterocycles. The van der Waals surface area contributed by atoms with E-state index in [1.165, 1.54) is 0 Å². The van der Waals surface area contributed by atoms with Crippen molar-refractivity contribution in [3.8, 4) is 0 Å². The number of benzene rings is 2. The third kappa shape index (κ3) is 5.03. The molecule has 6 heteroatoms. The summed E-state index contributed by atoms with van der Waals surface area (Å²) in [5.74, 6) is -0.218. The minimum absolute atomic E-state index is 0.0412. The Balaban J connectivity index is 2.10. The first-order valence-corrected chi connectivity index (χ1v) is 8.84. The SMILES string of the molecule is CSc1ccccc1NC(=O)c1cccc(NC(=O)NC(C)C)c1. The molecule has 3 N–H and O–H groups in total.